The van der Waals surface area contributed by atoms with Crippen LogP contribution in [0.5, 0.6) is 0 Å². The Morgan fingerprint density at radius 3 is 2.60 bits per heavy atom. The largest absolute Gasteiger partial charge is 0.378 e. The molecule has 0 bridgehead atoms. The number of carbonyl (C=O) groups excluding carboxylic acids is 2. The van der Waals surface area contributed by atoms with Crippen molar-refractivity contribution in [1.29, 1.82) is 0 Å². The third-order valence-corrected chi connectivity index (χ3v) is 3.88. The summed E-state index contributed by atoms with van der Waals surface area (Å²) < 4.78 is 5.21. The maximum absolute atomic E-state index is 12.1. The molecule has 1 aromatic rings. The van der Waals surface area contributed by atoms with Crippen molar-refractivity contribution in [2.24, 2.45) is 0 Å². The van der Waals surface area contributed by atoms with E-state index in [0.717, 1.165) is 0 Å². The van der Waals surface area contributed by atoms with Crippen molar-refractivity contribution in [3.05, 3.63) is 33.9 Å². The van der Waals surface area contributed by atoms with Crippen molar-refractivity contribution < 1.29 is 19.2 Å². The van der Waals surface area contributed by atoms with Gasteiger partial charge in [-0.25, -0.2) is 0 Å². The second-order valence-corrected chi connectivity index (χ2v) is 5.97. The lowest BCUT2D eigenvalue weighted by Crippen LogP contribution is -2.46. The average molecular weight is 350 g/mol. The van der Waals surface area contributed by atoms with Crippen molar-refractivity contribution in [3.63, 3.8) is 0 Å². The molecule has 9 heteroatoms. The third-order valence-electron chi connectivity index (χ3n) is 3.88. The van der Waals surface area contributed by atoms with Crippen LogP contribution in [0.1, 0.15) is 5.56 Å². The molecular weight excluding hydrogens is 328 g/mol. The van der Waals surface area contributed by atoms with Gasteiger partial charge in [-0.2, -0.15) is 0 Å². The molecule has 1 aliphatic rings. The van der Waals surface area contributed by atoms with Crippen LogP contribution in [-0.4, -0.2) is 73.0 Å². The number of likely N-dealkylation sites (N-methyl/N-ethyl adjacent to an activating group) is 1. The lowest BCUT2D eigenvalue weighted by molar-refractivity contribution is -0.384. The third kappa shape index (κ3) is 5.50. The lowest BCUT2D eigenvalue weighted by atomic mass is 10.2. The fraction of sp³-hybridized carbons (Fsp3) is 0.500. The summed E-state index contributed by atoms with van der Waals surface area (Å²) in [4.78, 5) is 37.9. The van der Waals surface area contributed by atoms with E-state index in [2.05, 4.69) is 5.32 Å². The van der Waals surface area contributed by atoms with Crippen LogP contribution >= 0.6 is 0 Å². The molecule has 0 aromatic heterocycles. The number of carbonyl (C=O) groups is 2. The SMILES string of the molecule is Cc1cc([N+](=O)[O-])ccc1NC(=O)CN(C)CC(=O)N1CCOCC1. The second-order valence-electron chi connectivity index (χ2n) is 5.97. The molecule has 1 aliphatic heterocycles. The molecule has 1 fully saturated rings. The normalized spacial score (nSPS) is 14.4. The van der Waals surface area contributed by atoms with Crippen molar-refractivity contribution in [1.82, 2.24) is 9.80 Å². The zero-order valence-corrected chi connectivity index (χ0v) is 14.4. The molecule has 1 saturated heterocycles. The minimum atomic E-state index is -0.483. The van der Waals surface area contributed by atoms with Gasteiger partial charge in [-0.1, -0.05) is 0 Å². The first-order chi connectivity index (χ1) is 11.9. The number of non-ortho nitro benzene ring substituents is 1. The molecule has 1 heterocycles. The summed E-state index contributed by atoms with van der Waals surface area (Å²) in [6.45, 7) is 4.10. The van der Waals surface area contributed by atoms with Gasteiger partial charge in [0.05, 0.1) is 31.2 Å². The van der Waals surface area contributed by atoms with Gasteiger partial charge in [0.15, 0.2) is 0 Å². The molecule has 1 aromatic carbocycles. The summed E-state index contributed by atoms with van der Waals surface area (Å²) in [6.07, 6.45) is 0. The Labute approximate surface area is 145 Å². The van der Waals surface area contributed by atoms with Gasteiger partial charge in [-0.05, 0) is 25.6 Å². The first-order valence-electron chi connectivity index (χ1n) is 7.96. The number of hydrogen-bond donors (Lipinski definition) is 1. The molecule has 2 rings (SSSR count). The number of nitrogens with zero attached hydrogens (tertiary/aromatic N) is 3. The van der Waals surface area contributed by atoms with Crippen LogP contribution in [0.2, 0.25) is 0 Å². The number of benzene rings is 1. The summed E-state index contributed by atoms with van der Waals surface area (Å²) in [7, 11) is 1.70. The van der Waals surface area contributed by atoms with E-state index in [0.29, 0.717) is 37.6 Å². The van der Waals surface area contributed by atoms with Crippen molar-refractivity contribution >= 4 is 23.2 Å². The fourth-order valence-corrected chi connectivity index (χ4v) is 2.54. The highest BCUT2D eigenvalue weighted by molar-refractivity contribution is 5.93. The van der Waals surface area contributed by atoms with Crippen LogP contribution in [0.3, 0.4) is 0 Å². The first kappa shape index (κ1) is 18.8. The lowest BCUT2D eigenvalue weighted by Gasteiger charge is -2.28. The van der Waals surface area contributed by atoms with E-state index < -0.39 is 4.92 Å². The van der Waals surface area contributed by atoms with Gasteiger partial charge in [-0.3, -0.25) is 24.6 Å². The molecule has 136 valence electrons. The molecular formula is C16H22N4O5. The highest BCUT2D eigenvalue weighted by atomic mass is 16.6. The molecule has 0 aliphatic carbocycles. The van der Waals surface area contributed by atoms with Gasteiger partial charge in [-0.15, -0.1) is 0 Å². The monoisotopic (exact) mass is 350 g/mol. The highest BCUT2D eigenvalue weighted by Crippen LogP contribution is 2.21. The maximum atomic E-state index is 12.1. The van der Waals surface area contributed by atoms with E-state index in [9.17, 15) is 19.7 Å². The minimum Gasteiger partial charge on any atom is -0.378 e. The van der Waals surface area contributed by atoms with E-state index in [4.69, 9.17) is 4.74 Å². The second kappa shape index (κ2) is 8.54. The first-order valence-corrected chi connectivity index (χ1v) is 7.96. The van der Waals surface area contributed by atoms with Gasteiger partial charge < -0.3 is 15.0 Å². The van der Waals surface area contributed by atoms with Crippen LogP contribution in [0, 0.1) is 17.0 Å². The van der Waals surface area contributed by atoms with E-state index in [1.165, 1.54) is 18.2 Å². The molecule has 0 radical (unpaired) electrons. The number of rotatable bonds is 6. The standard InChI is InChI=1S/C16H22N4O5/c1-12-9-13(20(23)24)3-4-14(12)17-15(21)10-18(2)11-16(22)19-5-7-25-8-6-19/h3-4,9H,5-8,10-11H2,1-2H3,(H,17,21). The summed E-state index contributed by atoms with van der Waals surface area (Å²) in [6, 6.07) is 4.25. The van der Waals surface area contributed by atoms with Gasteiger partial charge in [0.2, 0.25) is 11.8 Å². The predicted octanol–water partition coefficient (Wildman–Crippen LogP) is 0.632. The number of aryl methyl sites for hydroxylation is 1. The molecule has 9 nitrogen and oxygen atoms in total. The topological polar surface area (TPSA) is 105 Å². The molecule has 0 spiro atoms. The number of nitro benzene ring substituents is 1. The highest BCUT2D eigenvalue weighted by Gasteiger charge is 2.19. The molecule has 0 saturated carbocycles. The summed E-state index contributed by atoms with van der Waals surface area (Å²) in [5.41, 5.74) is 1.10. The molecule has 2 amide bonds. The van der Waals surface area contributed by atoms with E-state index in [1.54, 1.807) is 23.8 Å². The Kier molecular flexibility index (Phi) is 6.43. The van der Waals surface area contributed by atoms with Crippen LogP contribution in [0.25, 0.3) is 0 Å². The molecule has 25 heavy (non-hydrogen) atoms. The van der Waals surface area contributed by atoms with Crippen molar-refractivity contribution in [2.45, 2.75) is 6.92 Å². The van der Waals surface area contributed by atoms with Gasteiger partial charge in [0.1, 0.15) is 0 Å². The summed E-state index contributed by atoms with van der Waals surface area (Å²) in [5.74, 6) is -0.320. The number of nitro groups is 1. The van der Waals surface area contributed by atoms with Crippen LogP contribution in [0.15, 0.2) is 18.2 Å². The average Bonchev–Trinajstić information content (AvgIpc) is 2.57. The fourth-order valence-electron chi connectivity index (χ4n) is 2.54. The maximum Gasteiger partial charge on any atom is 0.269 e. The van der Waals surface area contributed by atoms with E-state index >= 15 is 0 Å². The zero-order valence-electron chi connectivity index (χ0n) is 14.4. The van der Waals surface area contributed by atoms with Gasteiger partial charge in [0, 0.05) is 30.9 Å². The summed E-state index contributed by atoms with van der Waals surface area (Å²) >= 11 is 0. The van der Waals surface area contributed by atoms with E-state index in [-0.39, 0.29) is 30.6 Å². The van der Waals surface area contributed by atoms with Gasteiger partial charge in [0.25, 0.3) is 5.69 Å². The summed E-state index contributed by atoms with van der Waals surface area (Å²) in [5, 5.41) is 13.4. The number of morpholine rings is 1. The van der Waals surface area contributed by atoms with Crippen LogP contribution in [-0.2, 0) is 14.3 Å². The quantitative estimate of drug-likeness (QED) is 0.596. The van der Waals surface area contributed by atoms with Crippen LogP contribution in [0.4, 0.5) is 11.4 Å². The van der Waals surface area contributed by atoms with Gasteiger partial charge >= 0.3 is 0 Å². The molecule has 0 unspecified atom stereocenters. The Morgan fingerprint density at radius 1 is 1.32 bits per heavy atom. The number of amides is 2. The minimum absolute atomic E-state index is 0.0243. The Balaban J connectivity index is 1.84. The predicted molar refractivity (Wildman–Crippen MR) is 91.4 cm³/mol. The Hall–Kier alpha value is -2.52. The number of nitrogens with one attached hydrogen (secondary N) is 1. The van der Waals surface area contributed by atoms with Crippen LogP contribution < -0.4 is 5.32 Å². The Bertz CT molecular complexity index is 658. The zero-order chi connectivity index (χ0) is 18.4. The number of ether oxygens (including phenoxy) is 1. The Morgan fingerprint density at radius 2 is 2.00 bits per heavy atom. The van der Waals surface area contributed by atoms with E-state index in [1.807, 2.05) is 0 Å². The van der Waals surface area contributed by atoms with Crippen molar-refractivity contribution in [2.75, 3.05) is 51.8 Å². The smallest absolute Gasteiger partial charge is 0.269 e. The molecule has 0 atom stereocenters. The van der Waals surface area contributed by atoms with Crippen molar-refractivity contribution in [3.8, 4) is 0 Å². The number of hydrogen-bond acceptors (Lipinski definition) is 6. The number of anilines is 1. The molecule has 1 N–H and O–H groups in total.